The molecule has 3 aliphatic rings. The SMILES string of the molecule is CS(=O)(=O)N1CC2(CCN(c3cc(C(F)(F)F)ccc3CN3CCN(C(=O)OC(C(F)(F)F)C(F)(F)F)CC3)C2)C1. The molecular weight excluding hydrogens is 599 g/mol. The molecule has 0 aliphatic carbocycles. The Morgan fingerprint density at radius 2 is 1.51 bits per heavy atom. The maximum Gasteiger partial charge on any atom is 0.434 e. The fourth-order valence-corrected chi connectivity index (χ4v) is 6.34. The Balaban J connectivity index is 1.43. The standard InChI is InChI=1S/C23H27F9N4O4S/c1-41(38,39)36-13-20(14-36)4-5-35(12-20)17-10-16(21(24,25)26)3-2-15(17)11-33-6-8-34(9-7-33)19(37)40-18(22(27,28)29)23(30,31)32/h2-3,10,18H,4-9,11-14H2,1H3. The fourth-order valence-electron chi connectivity index (χ4n) is 5.33. The van der Waals surface area contributed by atoms with Crippen molar-refractivity contribution in [1.29, 1.82) is 0 Å². The summed E-state index contributed by atoms with van der Waals surface area (Å²) in [5.74, 6) is 0. The quantitative estimate of drug-likeness (QED) is 0.462. The number of amides is 1. The highest BCUT2D eigenvalue weighted by Gasteiger charge is 2.60. The summed E-state index contributed by atoms with van der Waals surface area (Å²) in [6.45, 7) is 0.880. The molecule has 3 fully saturated rings. The number of carbonyl (C=O) groups excluding carboxylic acids is 1. The van der Waals surface area contributed by atoms with Gasteiger partial charge in [-0.05, 0) is 24.1 Å². The third kappa shape index (κ3) is 7.13. The smallest absolute Gasteiger partial charge is 0.426 e. The molecule has 0 bridgehead atoms. The van der Waals surface area contributed by atoms with Crippen molar-refractivity contribution < 1.29 is 57.5 Å². The first kappa shape index (κ1) is 31.5. The zero-order chi connectivity index (χ0) is 30.6. The molecule has 1 spiro atoms. The Morgan fingerprint density at radius 3 is 2.02 bits per heavy atom. The van der Waals surface area contributed by atoms with E-state index in [0.29, 0.717) is 35.7 Å². The van der Waals surface area contributed by atoms with Crippen LogP contribution in [0.25, 0.3) is 0 Å². The minimum absolute atomic E-state index is 0.0194. The van der Waals surface area contributed by atoms with Gasteiger partial charge in [-0.3, -0.25) is 4.90 Å². The Bertz CT molecular complexity index is 1220. The van der Waals surface area contributed by atoms with Crippen molar-refractivity contribution >= 4 is 21.8 Å². The predicted molar refractivity (Wildman–Crippen MR) is 126 cm³/mol. The van der Waals surface area contributed by atoms with Crippen molar-refractivity contribution in [3.63, 3.8) is 0 Å². The molecule has 232 valence electrons. The molecule has 41 heavy (non-hydrogen) atoms. The largest absolute Gasteiger partial charge is 0.434 e. The van der Waals surface area contributed by atoms with E-state index in [-0.39, 0.29) is 51.2 Å². The van der Waals surface area contributed by atoms with Crippen LogP contribution in [0, 0.1) is 5.41 Å². The normalized spacial score (nSPS) is 21.0. The number of carbonyl (C=O) groups is 1. The number of alkyl halides is 9. The van der Waals surface area contributed by atoms with E-state index in [1.165, 1.54) is 10.4 Å². The van der Waals surface area contributed by atoms with Crippen LogP contribution in [0.4, 0.5) is 50.0 Å². The summed E-state index contributed by atoms with van der Waals surface area (Å²) >= 11 is 0. The van der Waals surface area contributed by atoms with E-state index < -0.39 is 46.3 Å². The summed E-state index contributed by atoms with van der Waals surface area (Å²) in [4.78, 5) is 16.2. The van der Waals surface area contributed by atoms with Crippen molar-refractivity contribution in [3.8, 4) is 0 Å². The summed E-state index contributed by atoms with van der Waals surface area (Å²) in [6.07, 6.45) is -20.7. The molecule has 1 amide bonds. The van der Waals surface area contributed by atoms with Crippen molar-refractivity contribution in [1.82, 2.24) is 14.1 Å². The number of rotatable bonds is 5. The second kappa shape index (κ2) is 10.7. The summed E-state index contributed by atoms with van der Waals surface area (Å²) in [6, 6.07) is 3.25. The highest BCUT2D eigenvalue weighted by atomic mass is 32.2. The number of hydrogen-bond donors (Lipinski definition) is 0. The summed E-state index contributed by atoms with van der Waals surface area (Å²) in [5, 5.41) is 0. The monoisotopic (exact) mass is 626 g/mol. The van der Waals surface area contributed by atoms with Gasteiger partial charge in [0.05, 0.1) is 11.8 Å². The third-order valence-corrected chi connectivity index (χ3v) is 8.72. The van der Waals surface area contributed by atoms with E-state index in [0.717, 1.165) is 18.4 Å². The average Bonchev–Trinajstić information content (AvgIpc) is 3.25. The number of piperazine rings is 1. The van der Waals surface area contributed by atoms with Gasteiger partial charge in [-0.25, -0.2) is 17.5 Å². The minimum Gasteiger partial charge on any atom is -0.426 e. The number of nitrogens with zero attached hydrogens (tertiary/aromatic N) is 4. The molecule has 0 N–H and O–H groups in total. The number of sulfonamides is 1. The molecule has 0 aromatic heterocycles. The van der Waals surface area contributed by atoms with E-state index in [2.05, 4.69) is 4.74 Å². The van der Waals surface area contributed by atoms with Crippen LogP contribution >= 0.6 is 0 Å². The van der Waals surface area contributed by atoms with E-state index in [9.17, 15) is 52.7 Å². The van der Waals surface area contributed by atoms with Crippen molar-refractivity contribution in [2.24, 2.45) is 5.41 Å². The Labute approximate surface area is 229 Å². The second-order valence-corrected chi connectivity index (χ2v) is 12.6. The summed E-state index contributed by atoms with van der Waals surface area (Å²) < 4.78 is 146. The lowest BCUT2D eigenvalue weighted by atomic mass is 9.81. The van der Waals surface area contributed by atoms with Crippen LogP contribution in [-0.4, -0.2) is 106 Å². The van der Waals surface area contributed by atoms with Crippen molar-refractivity contribution in [3.05, 3.63) is 29.3 Å². The van der Waals surface area contributed by atoms with Gasteiger partial charge >= 0.3 is 24.6 Å². The van der Waals surface area contributed by atoms with Gasteiger partial charge in [0, 0.05) is 70.0 Å². The lowest BCUT2D eigenvalue weighted by Gasteiger charge is -2.46. The highest BCUT2D eigenvalue weighted by Crippen LogP contribution is 2.44. The maximum absolute atomic E-state index is 13.5. The van der Waals surface area contributed by atoms with Crippen LogP contribution in [0.2, 0.25) is 0 Å². The highest BCUT2D eigenvalue weighted by molar-refractivity contribution is 7.88. The van der Waals surface area contributed by atoms with Gasteiger partial charge in [0.25, 0.3) is 6.10 Å². The van der Waals surface area contributed by atoms with Crippen molar-refractivity contribution in [2.45, 2.75) is 37.6 Å². The van der Waals surface area contributed by atoms with Gasteiger partial charge in [0.2, 0.25) is 10.0 Å². The molecule has 4 rings (SSSR count). The van der Waals surface area contributed by atoms with Crippen LogP contribution in [0.5, 0.6) is 0 Å². The Hall–Kier alpha value is -2.47. The molecule has 8 nitrogen and oxygen atoms in total. The van der Waals surface area contributed by atoms with Gasteiger partial charge in [-0.15, -0.1) is 0 Å². The van der Waals surface area contributed by atoms with Gasteiger partial charge in [-0.1, -0.05) is 6.07 Å². The zero-order valence-corrected chi connectivity index (χ0v) is 22.4. The van der Waals surface area contributed by atoms with Crippen LogP contribution < -0.4 is 4.90 Å². The predicted octanol–water partition coefficient (Wildman–Crippen LogP) is 3.92. The number of benzene rings is 1. The van der Waals surface area contributed by atoms with Crippen LogP contribution in [0.3, 0.4) is 0 Å². The first-order valence-corrected chi connectivity index (χ1v) is 14.2. The molecule has 3 aliphatic heterocycles. The molecule has 1 aromatic carbocycles. The molecule has 3 saturated heterocycles. The third-order valence-electron chi connectivity index (χ3n) is 7.52. The van der Waals surface area contributed by atoms with Crippen LogP contribution in [-0.2, 0) is 27.5 Å². The maximum atomic E-state index is 13.5. The van der Waals surface area contributed by atoms with Gasteiger partial charge in [0.15, 0.2) is 0 Å². The molecule has 0 atom stereocenters. The van der Waals surface area contributed by atoms with E-state index in [4.69, 9.17) is 0 Å². The molecular formula is C23H27F9N4O4S. The molecule has 0 radical (unpaired) electrons. The van der Waals surface area contributed by atoms with E-state index >= 15 is 0 Å². The zero-order valence-electron chi connectivity index (χ0n) is 21.6. The minimum atomic E-state index is -5.84. The summed E-state index contributed by atoms with van der Waals surface area (Å²) in [7, 11) is -3.39. The fraction of sp³-hybridized carbons (Fsp3) is 0.696. The second-order valence-electron chi connectivity index (χ2n) is 10.7. The number of halogens is 9. The Kier molecular flexibility index (Phi) is 8.18. The van der Waals surface area contributed by atoms with Crippen LogP contribution in [0.15, 0.2) is 18.2 Å². The van der Waals surface area contributed by atoms with Gasteiger partial charge < -0.3 is 14.5 Å². The Morgan fingerprint density at radius 1 is 0.927 bits per heavy atom. The molecule has 0 saturated carbocycles. The lowest BCUT2D eigenvalue weighted by molar-refractivity contribution is -0.308. The van der Waals surface area contributed by atoms with Gasteiger partial charge in [0.1, 0.15) is 0 Å². The number of ether oxygens (including phenoxy) is 1. The van der Waals surface area contributed by atoms with Crippen LogP contribution in [0.1, 0.15) is 17.5 Å². The molecule has 18 heteroatoms. The number of anilines is 1. The molecule has 0 unspecified atom stereocenters. The first-order valence-electron chi connectivity index (χ1n) is 12.4. The molecule has 1 aromatic rings. The number of hydrogen-bond acceptors (Lipinski definition) is 6. The van der Waals surface area contributed by atoms with E-state index in [1.54, 1.807) is 9.80 Å². The summed E-state index contributed by atoms with van der Waals surface area (Å²) in [5.41, 5.74) is -0.459. The van der Waals surface area contributed by atoms with Gasteiger partial charge in [-0.2, -0.15) is 39.5 Å². The van der Waals surface area contributed by atoms with E-state index in [1.807, 2.05) is 0 Å². The topological polar surface area (TPSA) is 73.4 Å². The molecule has 3 heterocycles. The average molecular weight is 627 g/mol. The van der Waals surface area contributed by atoms with Crippen molar-refractivity contribution in [2.75, 3.05) is 63.5 Å². The lowest BCUT2D eigenvalue weighted by Crippen LogP contribution is -2.59. The first-order chi connectivity index (χ1) is 18.7.